The van der Waals surface area contributed by atoms with Crippen molar-refractivity contribution >= 4 is 36.6 Å². The first-order valence-electron chi connectivity index (χ1n) is 36.0. The zero-order valence-corrected chi connectivity index (χ0v) is 62.7. The van der Waals surface area contributed by atoms with Crippen LogP contribution in [0.25, 0.3) is 0 Å². The molecule has 13 fully saturated rings. The fourth-order valence-corrected chi connectivity index (χ4v) is 13.8. The smallest absolute Gasteiger partial charge is 0.414 e. The number of nitrogens with zero attached hydrogens (tertiary/aromatic N) is 12. The van der Waals surface area contributed by atoms with Gasteiger partial charge in [-0.3, -0.25) is 29.4 Å². The molecule has 12 atom stereocenters. The zero-order chi connectivity index (χ0) is 73.1. The lowest BCUT2D eigenvalue weighted by Crippen LogP contribution is -2.64. The van der Waals surface area contributed by atoms with Gasteiger partial charge >= 0.3 is 42.7 Å². The Morgan fingerprint density at radius 1 is 0.365 bits per heavy atom. The average molecular weight is 1500 g/mol. The highest BCUT2D eigenvalue weighted by Crippen LogP contribution is 2.39. The summed E-state index contributed by atoms with van der Waals surface area (Å²) in [7, 11) is 12.5. The molecule has 12 aliphatic heterocycles. The van der Waals surface area contributed by atoms with Gasteiger partial charge in [-0.1, -0.05) is 43.6 Å². The highest BCUT2D eigenvalue weighted by atomic mass is 19.3. The largest absolute Gasteiger partial charge is 0.449 e. The lowest BCUT2D eigenvalue weighted by molar-refractivity contribution is -0.192. The zero-order valence-electron chi connectivity index (χ0n) is 62.7. The Bertz CT molecular complexity index is 2400. The molecule has 1 aliphatic carbocycles. The minimum Gasteiger partial charge on any atom is -0.449 e. The van der Waals surface area contributed by atoms with Gasteiger partial charge in [0.1, 0.15) is 11.2 Å². The number of halogens is 2. The number of likely N-dealkylation sites (N-methyl/N-ethyl adjacent to an activating group) is 6. The van der Waals surface area contributed by atoms with Crippen LogP contribution in [0.4, 0.5) is 37.5 Å². The van der Waals surface area contributed by atoms with E-state index in [4.69, 9.17) is 52.1 Å². The number of ether oxygens (including phenoxy) is 12. The third kappa shape index (κ3) is 26.4. The Morgan fingerprint density at radius 3 is 0.779 bits per heavy atom. The monoisotopic (exact) mass is 1500 g/mol. The van der Waals surface area contributed by atoms with Crippen molar-refractivity contribution in [2.75, 3.05) is 207 Å². The van der Waals surface area contributed by atoms with Gasteiger partial charge in [-0.25, -0.2) is 28.8 Å². The summed E-state index contributed by atoms with van der Waals surface area (Å²) in [5, 5.41) is 0. The van der Waals surface area contributed by atoms with Crippen molar-refractivity contribution in [3.63, 3.8) is 0 Å². The van der Waals surface area contributed by atoms with E-state index in [1.165, 1.54) is 4.90 Å². The Hall–Kier alpha value is -5.00. The lowest BCUT2D eigenvalue weighted by atomic mass is 10.1. The van der Waals surface area contributed by atoms with Gasteiger partial charge < -0.3 is 86.2 Å². The highest BCUT2D eigenvalue weighted by molar-refractivity contribution is 5.70. The van der Waals surface area contributed by atoms with Crippen LogP contribution in [0.3, 0.4) is 0 Å². The molecule has 6 amide bonds. The van der Waals surface area contributed by atoms with E-state index < -0.39 is 17.8 Å². The molecule has 606 valence electrons. The van der Waals surface area contributed by atoms with E-state index in [1.807, 2.05) is 91.0 Å². The van der Waals surface area contributed by atoms with E-state index in [0.717, 1.165) is 25.9 Å². The van der Waals surface area contributed by atoms with E-state index in [9.17, 15) is 37.5 Å². The number of hydrogen-bond donors (Lipinski definition) is 0. The fourth-order valence-electron chi connectivity index (χ4n) is 13.8. The lowest BCUT2D eigenvalue weighted by Gasteiger charge is -2.47. The molecule has 12 saturated heterocycles. The molecule has 12 bridgehead atoms. The predicted octanol–water partition coefficient (Wildman–Crippen LogP) is 6.81. The van der Waals surface area contributed by atoms with Crippen molar-refractivity contribution in [1.29, 1.82) is 0 Å². The second kappa shape index (κ2) is 40.4. The molecule has 30 nitrogen and oxygen atoms in total. The molecule has 1 saturated carbocycles. The number of carbonyl (C=O) groups excluding carboxylic acids is 6. The van der Waals surface area contributed by atoms with Gasteiger partial charge in [0.25, 0.3) is 0 Å². The molecule has 0 aromatic heterocycles. The van der Waals surface area contributed by atoms with Crippen molar-refractivity contribution in [1.82, 2.24) is 58.8 Å². The number of piperazine rings is 6. The number of fused-ring (bicyclic) bond motifs is 12. The summed E-state index contributed by atoms with van der Waals surface area (Å²) >= 11 is 0. The SMILES string of the molecule is C.C.C.C.CC(C)COC(=O)N1CC2COCC(C1)N2C.CC(C)OC(=O)N1CC2COCC(C1)N2C.CC(C)OC(=O)N1CC2COCC(C1)N2C.CN1C2COCC1CN(C(=O)OC(C)(C)C)C2.CN1C2COCC1CN(C(=O)OC(C)(F)F)C2.CN1C2COCC1CN(C(=O)OC1(C)CC1)C2. The highest BCUT2D eigenvalue weighted by Gasteiger charge is 2.47. The number of morpholine rings is 6. The Morgan fingerprint density at radius 2 is 0.577 bits per heavy atom. The molecule has 12 unspecified atom stereocenters. The standard InChI is InChI=1S/C12H20N2O3.2C12H22N2O3.2C11H20N2O3.C10H16F2N2O3.4CH4/c1-12(3-4-12)17-11(15)14-5-9-7-16-8-10(6-14)13(9)2;1-12(2,3)17-11(15)14-5-9-7-16-8-10(6-14)13(9)4;1-9(2)6-17-12(15)14-4-10-7-16-8-11(5-14)13(10)3;2*1-8(2)16-11(14)13-4-9-6-15-7-10(5-13)12(9)3;1-10(11,12)17-9(15)14-3-7-5-16-6-8(4-14)13(7)2;;;;/h9-10H,3-8H2,1-2H3;9-10H,5-8H2,1-4H3;9-11H,4-8H2,1-3H3;2*8-10H,4-7H2,1-3H3;7-8H,3-6H2,1-2H3;4*1H4. The van der Waals surface area contributed by atoms with Gasteiger partial charge in [-0.05, 0) is 116 Å². The van der Waals surface area contributed by atoms with Crippen LogP contribution >= 0.6 is 0 Å². The molecule has 13 rings (SSSR count). The molecule has 0 spiro atoms. The van der Waals surface area contributed by atoms with Crippen LogP contribution in [0.15, 0.2) is 0 Å². The number of rotatable bonds is 6. The third-order valence-corrected chi connectivity index (χ3v) is 20.5. The van der Waals surface area contributed by atoms with Crippen LogP contribution in [0, 0.1) is 5.92 Å². The van der Waals surface area contributed by atoms with Gasteiger partial charge in [0.15, 0.2) is 0 Å². The number of amides is 6. The molecular formula is C72H136F2N12O18. The summed E-state index contributed by atoms with van der Waals surface area (Å²) in [4.78, 5) is 95.1. The van der Waals surface area contributed by atoms with Gasteiger partial charge in [-0.15, -0.1) is 0 Å². The minimum atomic E-state index is -3.42. The Labute approximate surface area is 620 Å². The van der Waals surface area contributed by atoms with Crippen LogP contribution in [-0.4, -0.2) is 404 Å². The van der Waals surface area contributed by atoms with E-state index in [-0.39, 0.29) is 90.1 Å². The molecular weight excluding hydrogens is 1360 g/mol. The number of hydrogen-bond acceptors (Lipinski definition) is 24. The Kier molecular flexibility index (Phi) is 35.5. The van der Waals surface area contributed by atoms with Gasteiger partial charge in [0.05, 0.1) is 171 Å². The van der Waals surface area contributed by atoms with Gasteiger partial charge in [0, 0.05) is 85.5 Å². The maximum absolute atomic E-state index is 12.6. The molecule has 0 aromatic rings. The molecule has 12 heterocycles. The van der Waals surface area contributed by atoms with Crippen LogP contribution in [0.1, 0.15) is 119 Å². The van der Waals surface area contributed by atoms with Crippen LogP contribution in [-0.2, 0) is 56.8 Å². The Balaban J connectivity index is 0.000000262. The van der Waals surface area contributed by atoms with E-state index in [0.29, 0.717) is 225 Å². The summed E-state index contributed by atoms with van der Waals surface area (Å²) in [5.74, 6) is 0.384. The van der Waals surface area contributed by atoms with Crippen molar-refractivity contribution in [3.05, 3.63) is 0 Å². The third-order valence-electron chi connectivity index (χ3n) is 20.5. The maximum atomic E-state index is 12.6. The van der Waals surface area contributed by atoms with Crippen LogP contribution in [0.5, 0.6) is 0 Å². The summed E-state index contributed by atoms with van der Waals surface area (Å²) in [6.07, 6.45) is -3.40. The molecule has 0 radical (unpaired) electrons. The first-order chi connectivity index (χ1) is 47.0. The van der Waals surface area contributed by atoms with Crippen LogP contribution < -0.4 is 0 Å². The molecule has 0 aromatic carbocycles. The summed E-state index contributed by atoms with van der Waals surface area (Å²) < 4.78 is 88.8. The second-order valence-electron chi connectivity index (χ2n) is 31.3. The van der Waals surface area contributed by atoms with Crippen molar-refractivity contribution < 1.29 is 94.4 Å². The average Bonchev–Trinajstić information content (AvgIpc) is 1.28. The molecule has 32 heteroatoms. The van der Waals surface area contributed by atoms with Crippen molar-refractivity contribution in [2.24, 2.45) is 5.92 Å². The topological polar surface area (TPSA) is 252 Å². The summed E-state index contributed by atoms with van der Waals surface area (Å²) in [6, 6.07) is 3.23. The normalized spacial score (nSPS) is 29.9. The summed E-state index contributed by atoms with van der Waals surface area (Å²) in [6.45, 7) is 36.2. The molecule has 13 aliphatic rings. The molecule has 104 heavy (non-hydrogen) atoms. The summed E-state index contributed by atoms with van der Waals surface area (Å²) in [5.41, 5.74) is -0.599. The minimum absolute atomic E-state index is 0. The van der Waals surface area contributed by atoms with Crippen molar-refractivity contribution in [2.45, 2.75) is 221 Å². The predicted molar refractivity (Wildman–Crippen MR) is 390 cm³/mol. The fraction of sp³-hybridized carbons (Fsp3) is 0.917. The quantitative estimate of drug-likeness (QED) is 0.248. The van der Waals surface area contributed by atoms with Gasteiger partial charge in [-0.2, -0.15) is 8.78 Å². The van der Waals surface area contributed by atoms with Gasteiger partial charge in [0.2, 0.25) is 0 Å². The van der Waals surface area contributed by atoms with Crippen molar-refractivity contribution in [3.8, 4) is 0 Å². The van der Waals surface area contributed by atoms with E-state index in [1.54, 1.807) is 9.80 Å². The first kappa shape index (κ1) is 91.4. The van der Waals surface area contributed by atoms with E-state index in [2.05, 4.69) is 69.4 Å². The van der Waals surface area contributed by atoms with E-state index >= 15 is 0 Å². The molecule has 0 N–H and O–H groups in total. The maximum Gasteiger partial charge on any atom is 0.414 e. The van der Waals surface area contributed by atoms with Crippen LogP contribution in [0.2, 0.25) is 0 Å². The number of carbonyl (C=O) groups is 6. The number of alkyl halides is 2. The second-order valence-corrected chi connectivity index (χ2v) is 31.3. The first-order valence-corrected chi connectivity index (χ1v) is 36.0.